The average molecular weight is 341 g/mol. The van der Waals surface area contributed by atoms with Gasteiger partial charge in [-0.3, -0.25) is 0 Å². The van der Waals surface area contributed by atoms with Crippen molar-refractivity contribution in [3.05, 3.63) is 65.0 Å². The summed E-state index contributed by atoms with van der Waals surface area (Å²) in [5.74, 6) is 1.11. The summed E-state index contributed by atoms with van der Waals surface area (Å²) in [5.41, 5.74) is 3.94. The minimum Gasteiger partial charge on any atom is -0.493 e. The largest absolute Gasteiger partial charge is 0.493 e. The molecule has 0 aromatic heterocycles. The maximum absolute atomic E-state index is 13.4. The quantitative estimate of drug-likeness (QED) is 0.760. The van der Waals surface area contributed by atoms with E-state index in [0.717, 1.165) is 37.2 Å². The number of nitrogens with one attached hydrogen (secondary N) is 1. The van der Waals surface area contributed by atoms with Gasteiger partial charge in [-0.2, -0.15) is 0 Å². The molecule has 1 N–H and O–H groups in total. The summed E-state index contributed by atoms with van der Waals surface area (Å²) in [6, 6.07) is 13.4. The van der Waals surface area contributed by atoms with Crippen molar-refractivity contribution in [3.63, 3.8) is 0 Å². The number of ether oxygens (including phenoxy) is 1. The number of benzene rings is 2. The normalized spacial score (nSPS) is 14.8. The van der Waals surface area contributed by atoms with Crippen LogP contribution in [0.25, 0.3) is 0 Å². The highest BCUT2D eigenvalue weighted by Crippen LogP contribution is 2.25. The van der Waals surface area contributed by atoms with Crippen molar-refractivity contribution in [1.29, 1.82) is 0 Å². The van der Waals surface area contributed by atoms with Gasteiger partial charge in [0.15, 0.2) is 0 Å². The molecule has 0 saturated carbocycles. The van der Waals surface area contributed by atoms with E-state index < -0.39 is 0 Å². The lowest BCUT2D eigenvalue weighted by Crippen LogP contribution is -2.28. The number of fused-ring (bicyclic) bond motifs is 1. The Balaban J connectivity index is 1.62. The van der Waals surface area contributed by atoms with Crippen LogP contribution in [0, 0.1) is 11.7 Å². The second-order valence-electron chi connectivity index (χ2n) is 6.96. The molecule has 0 fully saturated rings. The molecule has 2 aromatic rings. The van der Waals surface area contributed by atoms with Gasteiger partial charge in [0, 0.05) is 12.5 Å². The highest BCUT2D eigenvalue weighted by molar-refractivity contribution is 5.37. The van der Waals surface area contributed by atoms with E-state index in [1.54, 1.807) is 12.1 Å². The Morgan fingerprint density at radius 1 is 1.08 bits per heavy atom. The second-order valence-corrected chi connectivity index (χ2v) is 6.96. The predicted molar refractivity (Wildman–Crippen MR) is 101 cm³/mol. The monoisotopic (exact) mass is 341 g/mol. The van der Waals surface area contributed by atoms with E-state index in [9.17, 15) is 4.39 Å². The topological polar surface area (TPSA) is 21.3 Å². The average Bonchev–Trinajstić information content (AvgIpc) is 2.64. The molecule has 1 unspecified atom stereocenters. The van der Waals surface area contributed by atoms with Crippen LogP contribution >= 0.6 is 0 Å². The number of aryl methyl sites for hydroxylation is 2. The van der Waals surface area contributed by atoms with Gasteiger partial charge in [-0.15, -0.1) is 0 Å². The van der Waals surface area contributed by atoms with Crippen molar-refractivity contribution in [2.24, 2.45) is 5.92 Å². The molecule has 2 nitrogen and oxygen atoms in total. The molecule has 1 aliphatic carbocycles. The minimum absolute atomic E-state index is 0.171. The molecule has 0 aliphatic heterocycles. The fraction of sp³-hybridized carbons (Fsp3) is 0.455. The lowest BCUT2D eigenvalue weighted by atomic mass is 9.92. The molecular formula is C22H28FNO. The fourth-order valence-corrected chi connectivity index (χ4v) is 3.55. The Morgan fingerprint density at radius 3 is 2.72 bits per heavy atom. The lowest BCUT2D eigenvalue weighted by Gasteiger charge is -2.20. The molecule has 1 aliphatic rings. The number of rotatable bonds is 8. The van der Waals surface area contributed by atoms with Gasteiger partial charge >= 0.3 is 0 Å². The summed E-state index contributed by atoms with van der Waals surface area (Å²) in [7, 11) is 0. The number of hydrogen-bond donors (Lipinski definition) is 1. The van der Waals surface area contributed by atoms with Crippen LogP contribution in [0.15, 0.2) is 42.5 Å². The molecule has 3 heteroatoms. The molecule has 2 aromatic carbocycles. The lowest BCUT2D eigenvalue weighted by molar-refractivity contribution is 0.243. The third-order valence-corrected chi connectivity index (χ3v) is 4.90. The van der Waals surface area contributed by atoms with Crippen molar-refractivity contribution in [1.82, 2.24) is 5.32 Å². The summed E-state index contributed by atoms with van der Waals surface area (Å²) < 4.78 is 19.5. The van der Waals surface area contributed by atoms with Crippen LogP contribution in [0.3, 0.4) is 0 Å². The van der Waals surface area contributed by atoms with E-state index in [2.05, 4.69) is 30.4 Å². The van der Waals surface area contributed by atoms with Crippen LogP contribution < -0.4 is 10.1 Å². The van der Waals surface area contributed by atoms with Crippen LogP contribution in [0.5, 0.6) is 5.75 Å². The zero-order valence-corrected chi connectivity index (χ0v) is 15.1. The number of halogens is 1. The van der Waals surface area contributed by atoms with Crippen molar-refractivity contribution in [2.75, 3.05) is 19.7 Å². The third kappa shape index (κ3) is 5.30. The third-order valence-electron chi connectivity index (χ3n) is 4.90. The van der Waals surface area contributed by atoms with E-state index in [1.165, 1.54) is 36.5 Å². The van der Waals surface area contributed by atoms with Crippen LogP contribution in [0.1, 0.15) is 36.5 Å². The van der Waals surface area contributed by atoms with E-state index in [0.29, 0.717) is 12.5 Å². The maximum Gasteiger partial charge on any atom is 0.123 e. The van der Waals surface area contributed by atoms with Crippen LogP contribution in [0.4, 0.5) is 4.39 Å². The fourth-order valence-electron chi connectivity index (χ4n) is 3.55. The van der Waals surface area contributed by atoms with Crippen LogP contribution in [-0.2, 0) is 19.3 Å². The highest BCUT2D eigenvalue weighted by Gasteiger charge is 2.13. The maximum atomic E-state index is 13.4. The summed E-state index contributed by atoms with van der Waals surface area (Å²) in [6.45, 7) is 4.54. The van der Waals surface area contributed by atoms with Gasteiger partial charge in [-0.25, -0.2) is 4.39 Å². The van der Waals surface area contributed by atoms with Gasteiger partial charge in [0.1, 0.15) is 11.6 Å². The van der Waals surface area contributed by atoms with Gasteiger partial charge in [-0.05, 0) is 79.6 Å². The van der Waals surface area contributed by atoms with Crippen LogP contribution in [-0.4, -0.2) is 19.7 Å². The summed E-state index contributed by atoms with van der Waals surface area (Å²) in [5, 5.41) is 3.40. The Hall–Kier alpha value is -1.87. The summed E-state index contributed by atoms with van der Waals surface area (Å²) >= 11 is 0. The molecule has 0 spiro atoms. The van der Waals surface area contributed by atoms with E-state index >= 15 is 0 Å². The molecular weight excluding hydrogens is 313 g/mol. The molecule has 0 heterocycles. The van der Waals surface area contributed by atoms with Gasteiger partial charge in [0.05, 0.1) is 6.61 Å². The first kappa shape index (κ1) is 17.9. The SMILES string of the molecule is CCNCC(COc1ccc2c(c1)CCCC2)Cc1cccc(F)c1. The highest BCUT2D eigenvalue weighted by atomic mass is 19.1. The van der Waals surface area contributed by atoms with Gasteiger partial charge < -0.3 is 10.1 Å². The van der Waals surface area contributed by atoms with E-state index in [1.807, 2.05) is 6.07 Å². The van der Waals surface area contributed by atoms with Crippen LogP contribution in [0.2, 0.25) is 0 Å². The summed E-state index contributed by atoms with van der Waals surface area (Å²) in [6.07, 6.45) is 5.75. The first-order chi connectivity index (χ1) is 12.2. The van der Waals surface area contributed by atoms with Crippen molar-refractivity contribution >= 4 is 0 Å². The van der Waals surface area contributed by atoms with Crippen molar-refractivity contribution < 1.29 is 9.13 Å². The second kappa shape index (κ2) is 9.00. The Morgan fingerprint density at radius 2 is 1.92 bits per heavy atom. The molecule has 0 saturated heterocycles. The van der Waals surface area contributed by atoms with Gasteiger partial charge in [0.25, 0.3) is 0 Å². The molecule has 25 heavy (non-hydrogen) atoms. The molecule has 134 valence electrons. The van der Waals surface area contributed by atoms with Crippen molar-refractivity contribution in [3.8, 4) is 5.75 Å². The zero-order chi connectivity index (χ0) is 17.5. The van der Waals surface area contributed by atoms with Crippen molar-refractivity contribution in [2.45, 2.75) is 39.0 Å². The molecule has 3 rings (SSSR count). The standard InChI is InChI=1S/C22H28FNO/c1-2-24-15-18(12-17-6-5-9-21(23)13-17)16-25-22-11-10-19-7-3-4-8-20(19)14-22/h5-6,9-11,13-14,18,24H,2-4,7-8,12,15-16H2,1H3. The molecule has 0 bridgehead atoms. The zero-order valence-electron chi connectivity index (χ0n) is 15.1. The molecule has 1 atom stereocenters. The Bertz CT molecular complexity index is 685. The Labute approximate surface area is 150 Å². The smallest absolute Gasteiger partial charge is 0.123 e. The van der Waals surface area contributed by atoms with Gasteiger partial charge in [-0.1, -0.05) is 25.1 Å². The molecule has 0 amide bonds. The number of hydrogen-bond acceptors (Lipinski definition) is 2. The first-order valence-electron chi connectivity index (χ1n) is 9.44. The van der Waals surface area contributed by atoms with E-state index in [4.69, 9.17) is 4.74 Å². The molecule has 0 radical (unpaired) electrons. The summed E-state index contributed by atoms with van der Waals surface area (Å²) in [4.78, 5) is 0. The van der Waals surface area contributed by atoms with Gasteiger partial charge in [0.2, 0.25) is 0 Å². The van der Waals surface area contributed by atoms with E-state index in [-0.39, 0.29) is 5.82 Å². The predicted octanol–water partition coefficient (Wildman–Crippen LogP) is 4.55. The minimum atomic E-state index is -0.171. The Kier molecular flexibility index (Phi) is 6.46. The first-order valence-corrected chi connectivity index (χ1v) is 9.44.